The van der Waals surface area contributed by atoms with Gasteiger partial charge in [0.05, 0.1) is 0 Å². The van der Waals surface area contributed by atoms with Crippen LogP contribution in [0.1, 0.15) is 45.4 Å². The topological polar surface area (TPSA) is 29.3 Å². The molecule has 2 bridgehead atoms. The van der Waals surface area contributed by atoms with Gasteiger partial charge in [-0.05, 0) is 75.3 Å². The Balaban J connectivity index is 1.56. The van der Waals surface area contributed by atoms with Crippen molar-refractivity contribution in [2.45, 2.75) is 51.5 Å². The van der Waals surface area contributed by atoms with Gasteiger partial charge in [0.1, 0.15) is 0 Å². The molecule has 3 rings (SSSR count). The summed E-state index contributed by atoms with van der Waals surface area (Å²) in [5.74, 6) is 3.60. The minimum absolute atomic E-state index is 0.523. The van der Waals surface area contributed by atoms with E-state index in [1.54, 1.807) is 0 Å². The third-order valence-corrected chi connectivity index (χ3v) is 5.74. The van der Waals surface area contributed by atoms with Crippen LogP contribution in [0.2, 0.25) is 0 Å². The molecule has 0 aromatic rings. The van der Waals surface area contributed by atoms with E-state index >= 15 is 0 Å². The molecule has 2 aliphatic carbocycles. The van der Waals surface area contributed by atoms with Crippen LogP contribution in [0, 0.1) is 23.7 Å². The molecule has 0 amide bonds. The van der Waals surface area contributed by atoms with Crippen LogP contribution < -0.4 is 5.73 Å². The van der Waals surface area contributed by atoms with Crippen molar-refractivity contribution in [3.63, 3.8) is 0 Å². The van der Waals surface area contributed by atoms with E-state index in [-0.39, 0.29) is 0 Å². The van der Waals surface area contributed by atoms with Crippen LogP contribution >= 0.6 is 0 Å². The van der Waals surface area contributed by atoms with Gasteiger partial charge in [-0.1, -0.05) is 6.92 Å². The molecule has 5 atom stereocenters. The normalized spacial score (nSPS) is 47.3. The fourth-order valence-electron chi connectivity index (χ4n) is 4.53. The van der Waals surface area contributed by atoms with Gasteiger partial charge in [-0.2, -0.15) is 0 Å². The van der Waals surface area contributed by atoms with Crippen molar-refractivity contribution in [2.24, 2.45) is 29.4 Å². The molecular formula is C15H28N2. The molecule has 1 saturated heterocycles. The van der Waals surface area contributed by atoms with Crippen LogP contribution in [0.4, 0.5) is 0 Å². The van der Waals surface area contributed by atoms with E-state index < -0.39 is 0 Å². The Morgan fingerprint density at radius 3 is 2.65 bits per heavy atom. The Labute approximate surface area is 106 Å². The average molecular weight is 236 g/mol. The van der Waals surface area contributed by atoms with Crippen LogP contribution in [-0.2, 0) is 0 Å². The van der Waals surface area contributed by atoms with E-state index in [1.807, 2.05) is 0 Å². The van der Waals surface area contributed by atoms with Crippen LogP contribution in [-0.4, -0.2) is 30.6 Å². The molecule has 2 nitrogen and oxygen atoms in total. The number of fused-ring (bicyclic) bond motifs is 2. The Kier molecular flexibility index (Phi) is 3.45. The molecular weight excluding hydrogens is 208 g/mol. The molecule has 1 aliphatic heterocycles. The zero-order valence-electron chi connectivity index (χ0n) is 11.3. The van der Waals surface area contributed by atoms with Gasteiger partial charge in [0, 0.05) is 12.6 Å². The molecule has 2 saturated carbocycles. The maximum absolute atomic E-state index is 6.42. The van der Waals surface area contributed by atoms with Crippen molar-refractivity contribution in [1.29, 1.82) is 0 Å². The summed E-state index contributed by atoms with van der Waals surface area (Å²) in [6.45, 7) is 6.36. The third kappa shape index (κ3) is 2.39. The summed E-state index contributed by atoms with van der Waals surface area (Å²) in [6, 6.07) is 0.523. The first kappa shape index (κ1) is 12.0. The molecule has 2 heteroatoms. The molecule has 0 radical (unpaired) electrons. The number of hydrogen-bond donors (Lipinski definition) is 1. The lowest BCUT2D eigenvalue weighted by molar-refractivity contribution is 0.177. The Hall–Kier alpha value is -0.0800. The maximum Gasteiger partial charge on any atom is 0.0111 e. The largest absolute Gasteiger partial charge is 0.327 e. The van der Waals surface area contributed by atoms with Gasteiger partial charge in [0.15, 0.2) is 0 Å². The molecule has 17 heavy (non-hydrogen) atoms. The Morgan fingerprint density at radius 1 is 1.06 bits per heavy atom. The summed E-state index contributed by atoms with van der Waals surface area (Å²) >= 11 is 0. The average Bonchev–Trinajstić information content (AvgIpc) is 2.82. The summed E-state index contributed by atoms with van der Waals surface area (Å²) in [6.07, 6.45) is 8.55. The predicted molar refractivity (Wildman–Crippen MR) is 71.8 cm³/mol. The van der Waals surface area contributed by atoms with Gasteiger partial charge >= 0.3 is 0 Å². The van der Waals surface area contributed by atoms with Crippen molar-refractivity contribution < 1.29 is 0 Å². The SMILES string of the molecule is CC1CCCN(CC2C3CCC(C3)C2N)CC1. The Bertz CT molecular complexity index is 264. The van der Waals surface area contributed by atoms with Crippen molar-refractivity contribution in [3.8, 4) is 0 Å². The van der Waals surface area contributed by atoms with Gasteiger partial charge in [-0.15, -0.1) is 0 Å². The second kappa shape index (κ2) is 4.89. The fraction of sp³-hybridized carbons (Fsp3) is 1.00. The molecule has 2 N–H and O–H groups in total. The number of rotatable bonds is 2. The van der Waals surface area contributed by atoms with Gasteiger partial charge in [-0.25, -0.2) is 0 Å². The van der Waals surface area contributed by atoms with E-state index in [2.05, 4.69) is 11.8 Å². The molecule has 0 aromatic heterocycles. The molecule has 0 aromatic carbocycles. The quantitative estimate of drug-likeness (QED) is 0.798. The van der Waals surface area contributed by atoms with Crippen LogP contribution in [0.25, 0.3) is 0 Å². The maximum atomic E-state index is 6.42. The minimum atomic E-state index is 0.523. The van der Waals surface area contributed by atoms with Crippen molar-refractivity contribution in [2.75, 3.05) is 19.6 Å². The predicted octanol–water partition coefficient (Wildman–Crippen LogP) is 2.48. The summed E-state index contributed by atoms with van der Waals surface area (Å²) in [4.78, 5) is 2.72. The van der Waals surface area contributed by atoms with Crippen molar-refractivity contribution in [3.05, 3.63) is 0 Å². The zero-order chi connectivity index (χ0) is 11.8. The first-order chi connectivity index (χ1) is 8.24. The van der Waals surface area contributed by atoms with Gasteiger partial charge in [0.2, 0.25) is 0 Å². The number of nitrogens with two attached hydrogens (primary N) is 1. The molecule has 5 unspecified atom stereocenters. The van der Waals surface area contributed by atoms with Crippen LogP contribution in [0.15, 0.2) is 0 Å². The second-order valence-electron chi connectivity index (χ2n) is 6.91. The van der Waals surface area contributed by atoms with Crippen LogP contribution in [0.3, 0.4) is 0 Å². The second-order valence-corrected chi connectivity index (χ2v) is 6.91. The zero-order valence-corrected chi connectivity index (χ0v) is 11.3. The molecule has 3 fully saturated rings. The lowest BCUT2D eigenvalue weighted by Gasteiger charge is -2.33. The smallest absolute Gasteiger partial charge is 0.0111 e. The first-order valence-corrected chi connectivity index (χ1v) is 7.72. The Morgan fingerprint density at radius 2 is 1.88 bits per heavy atom. The van der Waals surface area contributed by atoms with Gasteiger partial charge in [0.25, 0.3) is 0 Å². The highest BCUT2D eigenvalue weighted by atomic mass is 15.1. The van der Waals surface area contributed by atoms with Crippen LogP contribution in [0.5, 0.6) is 0 Å². The molecule has 98 valence electrons. The fourth-order valence-corrected chi connectivity index (χ4v) is 4.53. The summed E-state index contributed by atoms with van der Waals surface area (Å²) in [5.41, 5.74) is 6.42. The summed E-state index contributed by atoms with van der Waals surface area (Å²) in [7, 11) is 0. The lowest BCUT2D eigenvalue weighted by atomic mass is 9.84. The highest BCUT2D eigenvalue weighted by Gasteiger charge is 2.45. The number of likely N-dealkylation sites (tertiary alicyclic amines) is 1. The standard InChI is InChI=1S/C15H28N2/c1-11-3-2-7-17(8-6-11)10-14-12-4-5-13(9-12)15(14)16/h11-15H,2-10,16H2,1H3. The summed E-state index contributed by atoms with van der Waals surface area (Å²) in [5, 5.41) is 0. The molecule has 0 spiro atoms. The first-order valence-electron chi connectivity index (χ1n) is 7.72. The van der Waals surface area contributed by atoms with E-state index in [0.29, 0.717) is 6.04 Å². The highest BCUT2D eigenvalue weighted by molar-refractivity contribution is 4.99. The van der Waals surface area contributed by atoms with Crippen molar-refractivity contribution in [1.82, 2.24) is 4.90 Å². The molecule has 1 heterocycles. The van der Waals surface area contributed by atoms with E-state index in [9.17, 15) is 0 Å². The number of hydrogen-bond acceptors (Lipinski definition) is 2. The number of nitrogens with zero attached hydrogens (tertiary/aromatic N) is 1. The lowest BCUT2D eigenvalue weighted by Crippen LogP contribution is -2.43. The highest BCUT2D eigenvalue weighted by Crippen LogP contribution is 2.47. The van der Waals surface area contributed by atoms with E-state index in [4.69, 9.17) is 5.73 Å². The van der Waals surface area contributed by atoms with Gasteiger partial charge in [-0.3, -0.25) is 0 Å². The minimum Gasteiger partial charge on any atom is -0.327 e. The monoisotopic (exact) mass is 236 g/mol. The van der Waals surface area contributed by atoms with Gasteiger partial charge < -0.3 is 10.6 Å². The van der Waals surface area contributed by atoms with E-state index in [1.165, 1.54) is 58.2 Å². The third-order valence-electron chi connectivity index (χ3n) is 5.74. The summed E-state index contributed by atoms with van der Waals surface area (Å²) < 4.78 is 0. The van der Waals surface area contributed by atoms with E-state index in [0.717, 1.165) is 23.7 Å². The van der Waals surface area contributed by atoms with Crippen molar-refractivity contribution >= 4 is 0 Å². The molecule has 3 aliphatic rings.